The molecule has 3 atom stereocenters. The number of anilines is 2. The minimum atomic E-state index is -3.22. The summed E-state index contributed by atoms with van der Waals surface area (Å²) in [6, 6.07) is 1.38. The molecule has 174 valence electrons. The molecule has 3 aromatic rings. The first-order valence-corrected chi connectivity index (χ1v) is 11.3. The van der Waals surface area contributed by atoms with E-state index < -0.39 is 30.0 Å². The van der Waals surface area contributed by atoms with Gasteiger partial charge in [-0.25, -0.2) is 23.7 Å². The summed E-state index contributed by atoms with van der Waals surface area (Å²) in [6.45, 7) is 0.994. The average molecular weight is 457 g/mol. The minimum Gasteiger partial charge on any atom is -0.385 e. The number of aliphatic hydroxyl groups is 1. The van der Waals surface area contributed by atoms with Crippen LogP contribution < -0.4 is 16.4 Å². The number of halogens is 2. The van der Waals surface area contributed by atoms with Crippen molar-refractivity contribution in [2.24, 2.45) is 5.73 Å². The highest BCUT2D eigenvalue weighted by atomic mass is 19.3. The second-order valence-corrected chi connectivity index (χ2v) is 9.61. The van der Waals surface area contributed by atoms with E-state index in [1.54, 1.807) is 12.5 Å². The Hall–Kier alpha value is -2.92. The van der Waals surface area contributed by atoms with E-state index in [4.69, 9.17) is 11.5 Å². The van der Waals surface area contributed by atoms with Crippen LogP contribution in [0.1, 0.15) is 49.3 Å². The molecular formula is C22H26F2N8O. The van der Waals surface area contributed by atoms with E-state index in [9.17, 15) is 13.9 Å². The lowest BCUT2D eigenvalue weighted by Crippen LogP contribution is -2.64. The summed E-state index contributed by atoms with van der Waals surface area (Å²) in [7, 11) is 0. The van der Waals surface area contributed by atoms with Crippen molar-refractivity contribution in [1.82, 2.24) is 24.5 Å². The van der Waals surface area contributed by atoms with E-state index in [-0.39, 0.29) is 0 Å². The zero-order valence-electron chi connectivity index (χ0n) is 18.0. The van der Waals surface area contributed by atoms with Crippen LogP contribution in [-0.4, -0.2) is 59.8 Å². The molecule has 33 heavy (non-hydrogen) atoms. The molecule has 5 N–H and O–H groups in total. The third-order valence-electron chi connectivity index (χ3n) is 7.44. The second-order valence-electron chi connectivity index (χ2n) is 9.61. The van der Waals surface area contributed by atoms with Crippen molar-refractivity contribution < 1.29 is 13.9 Å². The van der Waals surface area contributed by atoms with E-state index in [1.165, 1.54) is 6.33 Å². The number of pyridine rings is 1. The maximum atomic E-state index is 14.6. The summed E-state index contributed by atoms with van der Waals surface area (Å²) in [5.74, 6) is -2.49. The number of hydrogen-bond donors (Lipinski definition) is 3. The fraction of sp³-hybridized carbons (Fsp3) is 0.545. The number of hydrogen-bond acceptors (Lipinski definition) is 8. The standard InChI is InChI=1S/C22H26F2N8O/c23-22(24)7-16-21(26,20(22)33)4-1-5-32(16)15-8-27-14(12-2-3-12)6-13(15)9-31-11-30-17-18(25)28-10-29-19(17)31/h6,8,10-12,16,20,33H,1-5,7,9,26H2,(H2,25,28,29)/t16?,20-,21-/m1/s1. The molecule has 3 aromatic heterocycles. The van der Waals surface area contributed by atoms with Crippen LogP contribution in [0.15, 0.2) is 24.9 Å². The first-order valence-electron chi connectivity index (χ1n) is 11.3. The molecule has 2 saturated carbocycles. The molecule has 1 aliphatic heterocycles. The topological polar surface area (TPSA) is 132 Å². The average Bonchev–Trinajstić information content (AvgIpc) is 3.53. The van der Waals surface area contributed by atoms with Crippen molar-refractivity contribution in [2.45, 2.75) is 68.2 Å². The third-order valence-corrected chi connectivity index (χ3v) is 7.44. The fourth-order valence-corrected chi connectivity index (χ4v) is 5.53. The Morgan fingerprint density at radius 1 is 1.18 bits per heavy atom. The van der Waals surface area contributed by atoms with Gasteiger partial charge in [-0.3, -0.25) is 4.98 Å². The number of nitrogen functional groups attached to an aromatic ring is 1. The van der Waals surface area contributed by atoms with Gasteiger partial charge in [0, 0.05) is 24.6 Å². The van der Waals surface area contributed by atoms with Gasteiger partial charge < -0.3 is 26.0 Å². The molecule has 0 bridgehead atoms. The zero-order valence-corrected chi connectivity index (χ0v) is 18.0. The Bertz CT molecular complexity index is 1230. The van der Waals surface area contributed by atoms with E-state index in [0.717, 1.165) is 29.8 Å². The Balaban J connectivity index is 1.43. The number of piperidine rings is 1. The molecule has 9 nitrogen and oxygen atoms in total. The minimum absolute atomic E-state index is 0.304. The van der Waals surface area contributed by atoms with Gasteiger partial charge in [0.1, 0.15) is 17.9 Å². The van der Waals surface area contributed by atoms with Gasteiger partial charge in [0.05, 0.1) is 36.3 Å². The molecule has 11 heteroatoms. The molecule has 6 rings (SSSR count). The van der Waals surface area contributed by atoms with Crippen LogP contribution in [0, 0.1) is 0 Å². The van der Waals surface area contributed by atoms with E-state index >= 15 is 0 Å². The summed E-state index contributed by atoms with van der Waals surface area (Å²) < 4.78 is 31.0. The Morgan fingerprint density at radius 3 is 2.79 bits per heavy atom. The second kappa shape index (κ2) is 7.04. The molecule has 1 saturated heterocycles. The van der Waals surface area contributed by atoms with Gasteiger partial charge >= 0.3 is 0 Å². The number of alkyl halides is 2. The van der Waals surface area contributed by atoms with Crippen molar-refractivity contribution in [3.8, 4) is 0 Å². The number of nitrogens with zero attached hydrogens (tertiary/aromatic N) is 6. The molecule has 1 unspecified atom stereocenters. The molecule has 2 aliphatic carbocycles. The summed E-state index contributed by atoms with van der Waals surface area (Å²) in [5.41, 5.74) is 14.8. The molecule has 0 amide bonds. The highest BCUT2D eigenvalue weighted by molar-refractivity contribution is 5.81. The number of imidazole rings is 1. The monoisotopic (exact) mass is 456 g/mol. The molecule has 4 heterocycles. The van der Waals surface area contributed by atoms with Crippen molar-refractivity contribution >= 4 is 22.7 Å². The van der Waals surface area contributed by atoms with Gasteiger partial charge in [-0.2, -0.15) is 0 Å². The van der Waals surface area contributed by atoms with Crippen LogP contribution >= 0.6 is 0 Å². The fourth-order valence-electron chi connectivity index (χ4n) is 5.53. The third kappa shape index (κ3) is 3.17. The summed E-state index contributed by atoms with van der Waals surface area (Å²) in [5, 5.41) is 10.4. The zero-order chi connectivity index (χ0) is 23.0. The van der Waals surface area contributed by atoms with Gasteiger partial charge in [0.2, 0.25) is 0 Å². The lowest BCUT2D eigenvalue weighted by molar-refractivity contribution is -0.104. The molecule has 0 aromatic carbocycles. The quantitative estimate of drug-likeness (QED) is 0.541. The predicted molar refractivity (Wildman–Crippen MR) is 118 cm³/mol. The van der Waals surface area contributed by atoms with Crippen molar-refractivity contribution in [3.63, 3.8) is 0 Å². The van der Waals surface area contributed by atoms with Crippen LogP contribution in [0.2, 0.25) is 0 Å². The van der Waals surface area contributed by atoms with E-state index in [1.807, 2.05) is 9.47 Å². The van der Waals surface area contributed by atoms with Gasteiger partial charge in [-0.1, -0.05) is 0 Å². The van der Waals surface area contributed by atoms with Crippen molar-refractivity contribution in [1.29, 1.82) is 0 Å². The van der Waals surface area contributed by atoms with Crippen LogP contribution in [0.25, 0.3) is 11.2 Å². The van der Waals surface area contributed by atoms with Crippen LogP contribution in [0.3, 0.4) is 0 Å². The number of fused-ring (bicyclic) bond motifs is 2. The van der Waals surface area contributed by atoms with E-state index in [0.29, 0.717) is 48.8 Å². The molecule has 3 fully saturated rings. The number of nitrogens with two attached hydrogens (primary N) is 2. The lowest BCUT2D eigenvalue weighted by Gasteiger charge is -2.46. The van der Waals surface area contributed by atoms with Crippen molar-refractivity contribution in [3.05, 3.63) is 36.2 Å². The van der Waals surface area contributed by atoms with Crippen molar-refractivity contribution in [2.75, 3.05) is 17.2 Å². The Labute approximate surface area is 188 Å². The summed E-state index contributed by atoms with van der Waals surface area (Å²) in [6.07, 6.45) is 5.66. The van der Waals surface area contributed by atoms with Gasteiger partial charge in [-0.05, 0) is 37.3 Å². The largest absolute Gasteiger partial charge is 0.385 e. The molecule has 0 radical (unpaired) electrons. The highest BCUT2D eigenvalue weighted by Crippen LogP contribution is 2.49. The highest BCUT2D eigenvalue weighted by Gasteiger charge is 2.64. The number of aromatic nitrogens is 5. The number of aliphatic hydroxyl groups excluding tert-OH is 1. The molecule has 3 aliphatic rings. The Kier molecular flexibility index (Phi) is 4.41. The first-order chi connectivity index (χ1) is 15.8. The maximum Gasteiger partial charge on any atom is 0.277 e. The first kappa shape index (κ1) is 20.7. The SMILES string of the molecule is Nc1ncnc2c1ncn2Cc1cc(C2CC2)ncc1N1CCC[C@@]2(N)C1CC(F)(F)[C@@H]2O. The van der Waals surface area contributed by atoms with Gasteiger partial charge in [0.15, 0.2) is 11.5 Å². The Morgan fingerprint density at radius 2 is 2.00 bits per heavy atom. The smallest absolute Gasteiger partial charge is 0.277 e. The normalized spacial score (nSPS) is 28.9. The summed E-state index contributed by atoms with van der Waals surface area (Å²) in [4.78, 5) is 19.3. The summed E-state index contributed by atoms with van der Waals surface area (Å²) >= 11 is 0. The lowest BCUT2D eigenvalue weighted by atomic mass is 9.82. The maximum absolute atomic E-state index is 14.6. The van der Waals surface area contributed by atoms with Crippen LogP contribution in [-0.2, 0) is 6.54 Å². The van der Waals surface area contributed by atoms with Crippen LogP contribution in [0.4, 0.5) is 20.3 Å². The van der Waals surface area contributed by atoms with Crippen LogP contribution in [0.5, 0.6) is 0 Å². The predicted octanol–water partition coefficient (Wildman–Crippen LogP) is 1.80. The van der Waals surface area contributed by atoms with E-state index in [2.05, 4.69) is 26.0 Å². The molecule has 0 spiro atoms. The van der Waals surface area contributed by atoms with Gasteiger partial charge in [-0.15, -0.1) is 0 Å². The molecular weight excluding hydrogens is 430 g/mol. The number of rotatable bonds is 4. The van der Waals surface area contributed by atoms with Gasteiger partial charge in [0.25, 0.3) is 5.92 Å².